The van der Waals surface area contributed by atoms with Crippen molar-refractivity contribution in [3.05, 3.63) is 42.1 Å². The number of pyridine rings is 1. The number of aromatic nitrogens is 1. The molecule has 0 fully saturated rings. The molecule has 0 saturated carbocycles. The van der Waals surface area contributed by atoms with Crippen molar-refractivity contribution < 1.29 is 41.0 Å². The number of aliphatic hydroxyl groups is 1. The fraction of sp³-hybridized carbons (Fsp3) is 0.250. The number of nitrogens with zero attached hydrogens (tertiary/aromatic N) is 1. The number of benzene rings is 2. The zero-order chi connectivity index (χ0) is 17.8. The maximum atomic E-state index is 10.7. The lowest BCUT2D eigenvalue weighted by Gasteiger charge is -2.20. The van der Waals surface area contributed by atoms with Crippen LogP contribution in [-0.2, 0) is 6.42 Å². The number of fused-ring (bicyclic) bond motifs is 5. The maximum Gasteiger partial charge on any atom is 0.264 e. The van der Waals surface area contributed by atoms with E-state index in [1.54, 1.807) is 14.2 Å². The van der Waals surface area contributed by atoms with Crippen molar-refractivity contribution in [3.8, 4) is 34.3 Å². The number of aliphatic hydroxyl groups excluding tert-OH is 1. The summed E-state index contributed by atoms with van der Waals surface area (Å²) in [7, 11) is 3.23. The third-order valence-corrected chi connectivity index (χ3v) is 5.05. The van der Waals surface area contributed by atoms with Crippen molar-refractivity contribution in [2.75, 3.05) is 21.0 Å². The molecule has 3 aromatic rings. The third-order valence-electron chi connectivity index (χ3n) is 5.05. The summed E-state index contributed by atoms with van der Waals surface area (Å²) in [6, 6.07) is 9.88. The van der Waals surface area contributed by atoms with E-state index in [-0.39, 0.29) is 19.2 Å². The summed E-state index contributed by atoms with van der Waals surface area (Å²) in [6.45, 7) is 0.232. The Labute approximate surface area is 162 Å². The number of hydrogen-bond acceptors (Lipinski definition) is 5. The first kappa shape index (κ1) is 17.7. The van der Waals surface area contributed by atoms with Crippen LogP contribution in [-0.4, -0.2) is 26.1 Å². The molecule has 140 valence electrons. The highest BCUT2D eigenvalue weighted by molar-refractivity contribution is 5.91. The fourth-order valence-electron chi connectivity index (χ4n) is 3.81. The minimum Gasteiger partial charge on any atom is -1.00 e. The number of halogens is 1. The van der Waals surface area contributed by atoms with Crippen LogP contribution < -0.4 is 35.9 Å². The fourth-order valence-corrected chi connectivity index (χ4v) is 3.81. The van der Waals surface area contributed by atoms with Crippen LogP contribution in [0.2, 0.25) is 0 Å². The third kappa shape index (κ3) is 2.56. The summed E-state index contributed by atoms with van der Waals surface area (Å²) >= 11 is 0. The van der Waals surface area contributed by atoms with E-state index < -0.39 is 6.23 Å². The van der Waals surface area contributed by atoms with Crippen molar-refractivity contribution in [1.82, 2.24) is 0 Å². The zero-order valence-corrected chi connectivity index (χ0v) is 15.6. The average Bonchev–Trinajstić information content (AvgIpc) is 3.12. The lowest BCUT2D eigenvalue weighted by atomic mass is 9.94. The minimum absolute atomic E-state index is 0. The zero-order valence-electron chi connectivity index (χ0n) is 14.9. The molecule has 0 spiro atoms. The molecule has 0 radical (unpaired) electrons. The largest absolute Gasteiger partial charge is 1.00 e. The van der Waals surface area contributed by atoms with E-state index in [2.05, 4.69) is 6.07 Å². The van der Waals surface area contributed by atoms with Crippen molar-refractivity contribution in [1.29, 1.82) is 0 Å². The quantitative estimate of drug-likeness (QED) is 0.606. The summed E-state index contributed by atoms with van der Waals surface area (Å²) in [5, 5.41) is 12.6. The highest BCUT2D eigenvalue weighted by Crippen LogP contribution is 2.42. The SMILES string of the molecule is COc1ccc2cc3[n+](cc2c1OC)C(O)Cc1cc2c(cc1-3)OCO2.[Cl-]. The molecule has 1 aromatic heterocycles. The van der Waals surface area contributed by atoms with E-state index in [1.807, 2.05) is 35.0 Å². The summed E-state index contributed by atoms with van der Waals surface area (Å²) in [6.07, 6.45) is 1.75. The summed E-state index contributed by atoms with van der Waals surface area (Å²) < 4.78 is 23.8. The van der Waals surface area contributed by atoms with Gasteiger partial charge < -0.3 is 36.5 Å². The molecule has 0 saturated heterocycles. The molecule has 2 aliphatic rings. The molecule has 1 N–H and O–H groups in total. The van der Waals surface area contributed by atoms with Gasteiger partial charge in [0.15, 0.2) is 29.2 Å². The second-order valence-electron chi connectivity index (χ2n) is 6.42. The van der Waals surface area contributed by atoms with E-state index in [1.165, 1.54) is 0 Å². The topological polar surface area (TPSA) is 61.0 Å². The molecule has 2 aliphatic heterocycles. The van der Waals surface area contributed by atoms with Crippen molar-refractivity contribution in [2.24, 2.45) is 0 Å². The van der Waals surface area contributed by atoms with Gasteiger partial charge in [-0.1, -0.05) is 0 Å². The van der Waals surface area contributed by atoms with Gasteiger partial charge >= 0.3 is 0 Å². The Morgan fingerprint density at radius 1 is 1.07 bits per heavy atom. The van der Waals surface area contributed by atoms with Gasteiger partial charge in [0.05, 0.1) is 31.6 Å². The van der Waals surface area contributed by atoms with E-state index in [0.717, 1.165) is 39.1 Å². The molecule has 6 nitrogen and oxygen atoms in total. The monoisotopic (exact) mass is 387 g/mol. The van der Waals surface area contributed by atoms with Gasteiger partial charge in [-0.2, -0.15) is 4.57 Å². The summed E-state index contributed by atoms with van der Waals surface area (Å²) in [5.41, 5.74) is 3.01. The van der Waals surface area contributed by atoms with Crippen LogP contribution in [0.3, 0.4) is 0 Å². The first-order valence-corrected chi connectivity index (χ1v) is 8.40. The van der Waals surface area contributed by atoms with Gasteiger partial charge in [-0.3, -0.25) is 0 Å². The molecule has 1 unspecified atom stereocenters. The van der Waals surface area contributed by atoms with Crippen molar-refractivity contribution in [3.63, 3.8) is 0 Å². The van der Waals surface area contributed by atoms with Crippen molar-refractivity contribution >= 4 is 10.8 Å². The van der Waals surface area contributed by atoms with E-state index in [0.29, 0.717) is 17.9 Å². The van der Waals surface area contributed by atoms with Crippen molar-refractivity contribution in [2.45, 2.75) is 12.6 Å². The average molecular weight is 388 g/mol. The Morgan fingerprint density at radius 2 is 1.85 bits per heavy atom. The molecular weight excluding hydrogens is 370 g/mol. The first-order chi connectivity index (χ1) is 12.7. The van der Waals surface area contributed by atoms with Crippen LogP contribution in [0.1, 0.15) is 11.8 Å². The number of hydrogen-bond donors (Lipinski definition) is 1. The molecular formula is C20H18ClNO5. The Hall–Kier alpha value is -2.70. The second-order valence-corrected chi connectivity index (χ2v) is 6.42. The van der Waals surface area contributed by atoms with E-state index in [9.17, 15) is 5.11 Å². The molecule has 0 amide bonds. The Bertz CT molecular complexity index is 1050. The highest BCUT2D eigenvalue weighted by atomic mass is 35.5. The standard InChI is InChI=1S/C20H18NO5.ClH/c1-23-16-4-3-11-5-15-13-8-18-17(25-10-26-18)6-12(13)7-19(22)21(15)9-14(11)20(16)24-2;/h3-6,8-9,19,22H,7,10H2,1-2H3;1H/q+1;/p-1. The molecule has 3 heterocycles. The van der Waals surface area contributed by atoms with Crippen LogP contribution in [0.25, 0.3) is 22.0 Å². The molecule has 5 rings (SSSR count). The smallest absolute Gasteiger partial charge is 0.264 e. The van der Waals surface area contributed by atoms with Crippen LogP contribution in [0.15, 0.2) is 36.5 Å². The number of methoxy groups -OCH3 is 2. The molecule has 7 heteroatoms. The Balaban J connectivity index is 0.00000180. The Morgan fingerprint density at radius 3 is 2.59 bits per heavy atom. The highest BCUT2D eigenvalue weighted by Gasteiger charge is 2.33. The van der Waals surface area contributed by atoms with Crippen LogP contribution >= 0.6 is 0 Å². The van der Waals surface area contributed by atoms with Gasteiger partial charge in [-0.05, 0) is 35.2 Å². The predicted octanol–water partition coefficient (Wildman–Crippen LogP) is -0.409. The lowest BCUT2D eigenvalue weighted by Crippen LogP contribution is -3.00. The lowest BCUT2D eigenvalue weighted by molar-refractivity contribution is -0.750. The Kier molecular flexibility index (Phi) is 4.25. The molecule has 2 aromatic carbocycles. The molecule has 0 aliphatic carbocycles. The van der Waals surface area contributed by atoms with E-state index in [4.69, 9.17) is 18.9 Å². The molecule has 27 heavy (non-hydrogen) atoms. The van der Waals surface area contributed by atoms with Gasteiger partial charge in [0.1, 0.15) is 0 Å². The first-order valence-electron chi connectivity index (χ1n) is 8.40. The number of rotatable bonds is 2. The maximum absolute atomic E-state index is 10.7. The van der Waals surface area contributed by atoms with Crippen LogP contribution in [0.5, 0.6) is 23.0 Å². The minimum atomic E-state index is -0.668. The van der Waals surface area contributed by atoms with Gasteiger partial charge in [-0.25, -0.2) is 0 Å². The summed E-state index contributed by atoms with van der Waals surface area (Å²) in [4.78, 5) is 0. The van der Waals surface area contributed by atoms with Crippen LogP contribution in [0.4, 0.5) is 0 Å². The molecule has 1 atom stereocenters. The normalized spacial score (nSPS) is 16.3. The van der Waals surface area contributed by atoms with Gasteiger partial charge in [-0.15, -0.1) is 0 Å². The second kappa shape index (κ2) is 6.48. The van der Waals surface area contributed by atoms with E-state index >= 15 is 0 Å². The number of ether oxygens (including phenoxy) is 4. The molecule has 0 bridgehead atoms. The van der Waals surface area contributed by atoms with Gasteiger partial charge in [0.2, 0.25) is 12.5 Å². The van der Waals surface area contributed by atoms with Gasteiger partial charge in [0.25, 0.3) is 6.23 Å². The van der Waals surface area contributed by atoms with Gasteiger partial charge in [0, 0.05) is 6.07 Å². The predicted molar refractivity (Wildman–Crippen MR) is 93.8 cm³/mol. The summed E-state index contributed by atoms with van der Waals surface area (Å²) in [5.74, 6) is 2.79. The van der Waals surface area contributed by atoms with Crippen LogP contribution in [0, 0.1) is 0 Å².